The van der Waals surface area contributed by atoms with Gasteiger partial charge >= 0.3 is 0 Å². The van der Waals surface area contributed by atoms with E-state index in [1.807, 2.05) is 32.2 Å². The van der Waals surface area contributed by atoms with Crippen molar-refractivity contribution in [3.63, 3.8) is 0 Å². The van der Waals surface area contributed by atoms with Crippen molar-refractivity contribution in [2.24, 2.45) is 0 Å². The van der Waals surface area contributed by atoms with E-state index in [2.05, 4.69) is 24.3 Å². The van der Waals surface area contributed by atoms with Crippen LogP contribution in [0, 0.1) is 13.8 Å². The van der Waals surface area contributed by atoms with Crippen LogP contribution >= 0.6 is 11.6 Å². The van der Waals surface area contributed by atoms with Crippen LogP contribution in [0.3, 0.4) is 0 Å². The Kier molecular flexibility index (Phi) is 4.54. The highest BCUT2D eigenvalue weighted by Crippen LogP contribution is 2.27. The van der Waals surface area contributed by atoms with E-state index in [-0.39, 0.29) is 11.5 Å². The number of hydrogen-bond donors (Lipinski definition) is 1. The molecule has 4 heterocycles. The first-order valence-corrected chi connectivity index (χ1v) is 9.31. The monoisotopic (exact) mass is 371 g/mol. The van der Waals surface area contributed by atoms with Crippen molar-refractivity contribution in [3.05, 3.63) is 62.7 Å². The molecule has 0 saturated carbocycles. The van der Waals surface area contributed by atoms with E-state index in [1.54, 1.807) is 6.07 Å². The van der Waals surface area contributed by atoms with Gasteiger partial charge in [-0.25, -0.2) is 9.97 Å². The SMILES string of the molecule is Cc1nc([C@H]2CCCN(Cc3c(C)nc4ccc(Cl)cn34)C2)cc(=O)[nH]1. The Morgan fingerprint density at radius 2 is 2.15 bits per heavy atom. The number of nitrogens with one attached hydrogen (secondary N) is 1. The van der Waals surface area contributed by atoms with Crippen molar-refractivity contribution >= 4 is 17.2 Å². The quantitative estimate of drug-likeness (QED) is 0.768. The van der Waals surface area contributed by atoms with Crippen molar-refractivity contribution < 1.29 is 0 Å². The second-order valence-electron chi connectivity index (χ2n) is 7.05. The molecule has 0 bridgehead atoms. The molecule has 1 N–H and O–H groups in total. The van der Waals surface area contributed by atoms with Gasteiger partial charge in [0.25, 0.3) is 5.56 Å². The smallest absolute Gasteiger partial charge is 0.251 e. The zero-order valence-corrected chi connectivity index (χ0v) is 15.8. The minimum Gasteiger partial charge on any atom is -0.311 e. The Balaban J connectivity index is 1.58. The number of fused-ring (bicyclic) bond motifs is 1. The molecule has 1 atom stereocenters. The Bertz CT molecular complexity index is 1010. The molecular weight excluding hydrogens is 350 g/mol. The summed E-state index contributed by atoms with van der Waals surface area (Å²) >= 11 is 6.17. The molecule has 1 aliphatic rings. The molecule has 3 aromatic rings. The molecule has 1 aliphatic heterocycles. The lowest BCUT2D eigenvalue weighted by Gasteiger charge is -2.32. The minimum absolute atomic E-state index is 0.0723. The maximum absolute atomic E-state index is 11.8. The van der Waals surface area contributed by atoms with Crippen molar-refractivity contribution in [2.75, 3.05) is 13.1 Å². The first-order chi connectivity index (χ1) is 12.5. The molecule has 0 radical (unpaired) electrons. The average Bonchev–Trinajstić information content (AvgIpc) is 2.90. The summed E-state index contributed by atoms with van der Waals surface area (Å²) in [5.41, 5.74) is 3.94. The first kappa shape index (κ1) is 17.2. The van der Waals surface area contributed by atoms with Crippen LogP contribution in [0.1, 0.15) is 41.7 Å². The number of imidazole rings is 1. The fourth-order valence-electron chi connectivity index (χ4n) is 3.84. The van der Waals surface area contributed by atoms with E-state index in [1.165, 1.54) is 0 Å². The number of halogens is 1. The Hall–Kier alpha value is -2.18. The molecule has 0 amide bonds. The lowest BCUT2D eigenvalue weighted by Crippen LogP contribution is -2.35. The maximum Gasteiger partial charge on any atom is 0.251 e. The Morgan fingerprint density at radius 1 is 1.31 bits per heavy atom. The summed E-state index contributed by atoms with van der Waals surface area (Å²) in [6, 6.07) is 5.45. The van der Waals surface area contributed by atoms with Crippen molar-refractivity contribution in [3.8, 4) is 0 Å². The van der Waals surface area contributed by atoms with Crippen LogP contribution in [0.5, 0.6) is 0 Å². The Morgan fingerprint density at radius 3 is 2.96 bits per heavy atom. The number of piperidine rings is 1. The number of aromatic nitrogens is 4. The number of hydrogen-bond acceptors (Lipinski definition) is 4. The molecule has 0 aromatic carbocycles. The zero-order valence-electron chi connectivity index (χ0n) is 15.0. The third kappa shape index (κ3) is 3.39. The predicted octanol–water partition coefficient (Wildman–Crippen LogP) is 3.07. The normalized spacial score (nSPS) is 18.5. The van der Waals surface area contributed by atoms with Gasteiger partial charge < -0.3 is 9.38 Å². The molecule has 1 fully saturated rings. The summed E-state index contributed by atoms with van der Waals surface area (Å²) in [4.78, 5) is 26.1. The molecule has 3 aromatic heterocycles. The van der Waals surface area contributed by atoms with E-state index in [4.69, 9.17) is 11.6 Å². The molecule has 0 aliphatic carbocycles. The predicted molar refractivity (Wildman–Crippen MR) is 102 cm³/mol. The summed E-state index contributed by atoms with van der Waals surface area (Å²) in [5, 5.41) is 0.704. The van der Waals surface area contributed by atoms with Crippen molar-refractivity contribution in [1.82, 2.24) is 24.3 Å². The van der Waals surface area contributed by atoms with Crippen LogP contribution in [0.2, 0.25) is 5.02 Å². The third-order valence-electron chi connectivity index (χ3n) is 5.06. The van der Waals surface area contributed by atoms with E-state index in [0.29, 0.717) is 10.8 Å². The van der Waals surface area contributed by atoms with E-state index in [9.17, 15) is 4.79 Å². The van der Waals surface area contributed by atoms with Crippen molar-refractivity contribution in [2.45, 2.75) is 39.2 Å². The number of likely N-dealkylation sites (tertiary alicyclic amines) is 1. The molecule has 26 heavy (non-hydrogen) atoms. The van der Waals surface area contributed by atoms with E-state index in [0.717, 1.165) is 55.2 Å². The lowest BCUT2D eigenvalue weighted by atomic mass is 9.94. The third-order valence-corrected chi connectivity index (χ3v) is 5.28. The molecule has 1 saturated heterocycles. The summed E-state index contributed by atoms with van der Waals surface area (Å²) in [6.07, 6.45) is 4.08. The summed E-state index contributed by atoms with van der Waals surface area (Å²) < 4.78 is 2.08. The maximum atomic E-state index is 11.8. The number of aryl methyl sites for hydroxylation is 2. The number of aromatic amines is 1. The molecule has 0 unspecified atom stereocenters. The molecule has 136 valence electrons. The largest absolute Gasteiger partial charge is 0.311 e. The van der Waals surface area contributed by atoms with Gasteiger partial charge in [-0.3, -0.25) is 9.69 Å². The topological polar surface area (TPSA) is 66.3 Å². The number of H-pyrrole nitrogens is 1. The van der Waals surface area contributed by atoms with Gasteiger partial charge in [0.15, 0.2) is 0 Å². The number of pyridine rings is 1. The van der Waals surface area contributed by atoms with Crippen LogP contribution in [-0.2, 0) is 6.54 Å². The average molecular weight is 372 g/mol. The molecule has 4 rings (SSSR count). The van der Waals surface area contributed by atoms with Crippen LogP contribution in [0.15, 0.2) is 29.2 Å². The standard InChI is InChI=1S/C19H22ClN5O/c1-12-17(25-10-15(20)5-6-18(25)21-12)11-24-7-3-4-14(9-24)16-8-19(26)23-13(2)22-16/h5-6,8,10,14H,3-4,7,9,11H2,1-2H3,(H,22,23,26)/t14-/m0/s1. The highest BCUT2D eigenvalue weighted by molar-refractivity contribution is 6.30. The zero-order chi connectivity index (χ0) is 18.3. The van der Waals surface area contributed by atoms with Gasteiger partial charge in [0.1, 0.15) is 11.5 Å². The van der Waals surface area contributed by atoms with Crippen LogP contribution in [0.25, 0.3) is 5.65 Å². The molecule has 0 spiro atoms. The van der Waals surface area contributed by atoms with Gasteiger partial charge in [-0.05, 0) is 45.4 Å². The summed E-state index contributed by atoms with van der Waals surface area (Å²) in [5.74, 6) is 0.963. The molecular formula is C19H22ClN5O. The summed E-state index contributed by atoms with van der Waals surface area (Å²) in [7, 11) is 0. The Labute approximate surface area is 156 Å². The minimum atomic E-state index is -0.0723. The van der Waals surface area contributed by atoms with Gasteiger partial charge in [0.05, 0.1) is 22.1 Å². The summed E-state index contributed by atoms with van der Waals surface area (Å²) in [6.45, 7) is 6.61. The van der Waals surface area contributed by atoms with E-state index < -0.39 is 0 Å². The van der Waals surface area contributed by atoms with Gasteiger partial charge in [0.2, 0.25) is 0 Å². The fourth-order valence-corrected chi connectivity index (χ4v) is 4.00. The van der Waals surface area contributed by atoms with Gasteiger partial charge in [0, 0.05) is 31.3 Å². The number of rotatable bonds is 3. The van der Waals surface area contributed by atoms with Crippen LogP contribution in [0.4, 0.5) is 0 Å². The van der Waals surface area contributed by atoms with Gasteiger partial charge in [-0.15, -0.1) is 0 Å². The van der Waals surface area contributed by atoms with Crippen LogP contribution in [-0.4, -0.2) is 37.3 Å². The highest BCUT2D eigenvalue weighted by Gasteiger charge is 2.24. The van der Waals surface area contributed by atoms with Gasteiger partial charge in [-0.2, -0.15) is 0 Å². The molecule has 6 nitrogen and oxygen atoms in total. The second-order valence-corrected chi connectivity index (χ2v) is 7.49. The number of nitrogens with zero attached hydrogens (tertiary/aromatic N) is 4. The van der Waals surface area contributed by atoms with E-state index >= 15 is 0 Å². The van der Waals surface area contributed by atoms with Crippen LogP contribution < -0.4 is 5.56 Å². The first-order valence-electron chi connectivity index (χ1n) is 8.93. The van der Waals surface area contributed by atoms with Gasteiger partial charge in [-0.1, -0.05) is 11.6 Å². The van der Waals surface area contributed by atoms with Crippen molar-refractivity contribution in [1.29, 1.82) is 0 Å². The second kappa shape index (κ2) is 6.85. The lowest BCUT2D eigenvalue weighted by molar-refractivity contribution is 0.195. The molecule has 7 heteroatoms. The highest BCUT2D eigenvalue weighted by atomic mass is 35.5. The fraction of sp³-hybridized carbons (Fsp3) is 0.421.